The summed E-state index contributed by atoms with van der Waals surface area (Å²) in [7, 11) is -3.96. The summed E-state index contributed by atoms with van der Waals surface area (Å²) in [5.74, 6) is -1.50. The Balaban J connectivity index is 2.10. The van der Waals surface area contributed by atoms with Crippen molar-refractivity contribution in [2.45, 2.75) is 30.4 Å². The van der Waals surface area contributed by atoms with E-state index in [1.54, 1.807) is 0 Å². The van der Waals surface area contributed by atoms with Gasteiger partial charge >= 0.3 is 5.97 Å². The number of carbonyl (C=O) groups is 1. The summed E-state index contributed by atoms with van der Waals surface area (Å²) in [4.78, 5) is 10.8. The zero-order chi connectivity index (χ0) is 14.0. The van der Waals surface area contributed by atoms with E-state index in [4.69, 9.17) is 5.11 Å². The van der Waals surface area contributed by atoms with Crippen LogP contribution in [0.25, 0.3) is 0 Å². The van der Waals surface area contributed by atoms with Crippen molar-refractivity contribution in [1.29, 1.82) is 0 Å². The molecule has 0 aromatic carbocycles. The molecule has 0 radical (unpaired) electrons. The van der Waals surface area contributed by atoms with Gasteiger partial charge in [0.2, 0.25) is 0 Å². The number of carboxylic acid groups (broad SMARTS) is 1. The maximum atomic E-state index is 12.0. The van der Waals surface area contributed by atoms with Gasteiger partial charge in [0.1, 0.15) is 5.56 Å². The summed E-state index contributed by atoms with van der Waals surface area (Å²) in [5.41, 5.74) is -0.403. The van der Waals surface area contributed by atoms with E-state index >= 15 is 0 Å². The van der Waals surface area contributed by atoms with Gasteiger partial charge in [-0.3, -0.25) is 5.10 Å². The number of H-pyrrole nitrogens is 1. The molecule has 1 aromatic rings. The molecule has 0 saturated heterocycles. The second kappa shape index (κ2) is 5.27. The quantitative estimate of drug-likeness (QED) is 0.580. The monoisotopic (exact) mass is 289 g/mol. The Bertz CT molecular complexity index is 567. The predicted molar refractivity (Wildman–Crippen MR) is 64.1 cm³/mol. The van der Waals surface area contributed by atoms with Gasteiger partial charge in [-0.2, -0.15) is 5.10 Å². The minimum Gasteiger partial charge on any atom is -0.478 e. The highest BCUT2D eigenvalue weighted by molar-refractivity contribution is 7.89. The van der Waals surface area contributed by atoms with Crippen LogP contribution in [0.15, 0.2) is 11.2 Å². The lowest BCUT2D eigenvalue weighted by Gasteiger charge is -2.14. The van der Waals surface area contributed by atoms with Gasteiger partial charge in [0, 0.05) is 6.54 Å². The number of nitrogens with one attached hydrogen (secondary N) is 2. The summed E-state index contributed by atoms with van der Waals surface area (Å²) in [5, 5.41) is 23.6. The van der Waals surface area contributed by atoms with Gasteiger partial charge in [-0.05, 0) is 18.8 Å². The van der Waals surface area contributed by atoms with Gasteiger partial charge in [-0.15, -0.1) is 0 Å². The maximum Gasteiger partial charge on any atom is 0.340 e. The first-order chi connectivity index (χ1) is 8.92. The van der Waals surface area contributed by atoms with E-state index in [1.165, 1.54) is 0 Å². The Labute approximate surface area is 109 Å². The maximum absolute atomic E-state index is 12.0. The minimum atomic E-state index is -3.96. The number of aromatic nitrogens is 2. The van der Waals surface area contributed by atoms with E-state index < -0.39 is 32.7 Å². The van der Waals surface area contributed by atoms with Crippen LogP contribution in [-0.2, 0) is 10.0 Å². The van der Waals surface area contributed by atoms with Crippen molar-refractivity contribution in [2.24, 2.45) is 5.92 Å². The molecule has 2 rings (SSSR count). The largest absolute Gasteiger partial charge is 0.478 e. The summed E-state index contributed by atoms with van der Waals surface area (Å²) in [6.07, 6.45) is 2.71. The van der Waals surface area contributed by atoms with Crippen LogP contribution in [0, 0.1) is 5.92 Å². The molecule has 106 valence electrons. The second-order valence-electron chi connectivity index (χ2n) is 4.53. The molecule has 1 aliphatic rings. The summed E-state index contributed by atoms with van der Waals surface area (Å²) < 4.78 is 26.2. The summed E-state index contributed by atoms with van der Waals surface area (Å²) >= 11 is 0. The first-order valence-electron chi connectivity index (χ1n) is 5.86. The predicted octanol–water partition coefficient (Wildman–Crippen LogP) is -0.453. The number of hydrogen-bond acceptors (Lipinski definition) is 5. The number of hydrogen-bond donors (Lipinski definition) is 4. The third kappa shape index (κ3) is 2.94. The number of aromatic carboxylic acids is 1. The summed E-state index contributed by atoms with van der Waals surface area (Å²) in [6, 6.07) is 0. The average molecular weight is 289 g/mol. The molecule has 1 heterocycles. The minimum absolute atomic E-state index is 0.0849. The highest BCUT2D eigenvalue weighted by atomic mass is 32.2. The van der Waals surface area contributed by atoms with Crippen molar-refractivity contribution in [3.63, 3.8) is 0 Å². The molecule has 1 aromatic heterocycles. The van der Waals surface area contributed by atoms with Crippen molar-refractivity contribution >= 4 is 16.0 Å². The molecule has 0 spiro atoms. The van der Waals surface area contributed by atoms with Crippen LogP contribution >= 0.6 is 0 Å². The fourth-order valence-electron chi connectivity index (χ4n) is 2.18. The lowest BCUT2D eigenvalue weighted by molar-refractivity contribution is 0.0692. The highest BCUT2D eigenvalue weighted by Gasteiger charge is 2.29. The molecule has 1 aliphatic carbocycles. The second-order valence-corrected chi connectivity index (χ2v) is 6.23. The zero-order valence-corrected chi connectivity index (χ0v) is 10.9. The molecule has 2 unspecified atom stereocenters. The molecule has 9 heteroatoms. The Hall–Kier alpha value is -1.45. The van der Waals surface area contributed by atoms with Crippen LogP contribution in [0.1, 0.15) is 29.6 Å². The van der Waals surface area contributed by atoms with Crippen molar-refractivity contribution in [2.75, 3.05) is 6.54 Å². The third-order valence-electron chi connectivity index (χ3n) is 3.26. The Morgan fingerprint density at radius 2 is 2.26 bits per heavy atom. The van der Waals surface area contributed by atoms with Gasteiger partial charge in [-0.1, -0.05) is 6.42 Å². The number of carboxylic acids is 1. The van der Waals surface area contributed by atoms with E-state index in [1.807, 2.05) is 0 Å². The van der Waals surface area contributed by atoms with Crippen molar-refractivity contribution in [3.05, 3.63) is 11.8 Å². The molecule has 1 saturated carbocycles. The highest BCUT2D eigenvalue weighted by Crippen LogP contribution is 2.25. The molecule has 0 bridgehead atoms. The van der Waals surface area contributed by atoms with E-state index in [-0.39, 0.29) is 12.5 Å². The molecule has 2 atom stereocenters. The van der Waals surface area contributed by atoms with E-state index in [0.717, 1.165) is 19.0 Å². The van der Waals surface area contributed by atoms with Crippen molar-refractivity contribution < 1.29 is 23.4 Å². The topological polar surface area (TPSA) is 132 Å². The zero-order valence-electron chi connectivity index (χ0n) is 10.0. The van der Waals surface area contributed by atoms with Crippen molar-refractivity contribution in [1.82, 2.24) is 14.9 Å². The van der Waals surface area contributed by atoms with Crippen LogP contribution in [-0.4, -0.2) is 47.4 Å². The van der Waals surface area contributed by atoms with Gasteiger partial charge in [-0.25, -0.2) is 17.9 Å². The number of sulfonamides is 1. The molecule has 4 N–H and O–H groups in total. The van der Waals surface area contributed by atoms with Crippen molar-refractivity contribution in [3.8, 4) is 0 Å². The fraction of sp³-hybridized carbons (Fsp3) is 0.600. The Kier molecular flexibility index (Phi) is 3.88. The van der Waals surface area contributed by atoms with Crippen LogP contribution in [0.4, 0.5) is 0 Å². The normalized spacial score (nSPS) is 23.6. The van der Waals surface area contributed by atoms with Crippen LogP contribution < -0.4 is 4.72 Å². The van der Waals surface area contributed by atoms with Gasteiger partial charge in [0.05, 0.1) is 12.3 Å². The Morgan fingerprint density at radius 1 is 1.53 bits per heavy atom. The molecule has 0 amide bonds. The summed E-state index contributed by atoms with van der Waals surface area (Å²) in [6.45, 7) is 0.0849. The van der Waals surface area contributed by atoms with E-state index in [0.29, 0.717) is 6.42 Å². The molecule has 8 nitrogen and oxygen atoms in total. The standard InChI is InChI=1S/C10H15N3O5S/c14-8-3-1-2-6(8)4-12-19(17,18)9-7(10(15)16)5-11-13-9/h5-6,8,12,14H,1-4H2,(H,11,13)(H,15,16). The number of rotatable bonds is 5. The molecular weight excluding hydrogens is 274 g/mol. The van der Waals surface area contributed by atoms with Gasteiger partial charge in [0.25, 0.3) is 10.0 Å². The first-order valence-corrected chi connectivity index (χ1v) is 7.34. The number of nitrogens with zero attached hydrogens (tertiary/aromatic N) is 1. The van der Waals surface area contributed by atoms with Crippen LogP contribution in [0.3, 0.4) is 0 Å². The van der Waals surface area contributed by atoms with Crippen LogP contribution in [0.5, 0.6) is 0 Å². The molecule has 0 aliphatic heterocycles. The third-order valence-corrected chi connectivity index (χ3v) is 4.65. The number of aliphatic hydroxyl groups excluding tert-OH is 1. The molecular formula is C10H15N3O5S. The Morgan fingerprint density at radius 3 is 2.84 bits per heavy atom. The lowest BCUT2D eigenvalue weighted by Crippen LogP contribution is -2.33. The number of aliphatic hydroxyl groups is 1. The van der Waals surface area contributed by atoms with E-state index in [9.17, 15) is 18.3 Å². The van der Waals surface area contributed by atoms with Crippen LogP contribution in [0.2, 0.25) is 0 Å². The first kappa shape index (κ1) is 14.0. The van der Waals surface area contributed by atoms with Gasteiger partial charge < -0.3 is 10.2 Å². The SMILES string of the molecule is O=C(O)c1cn[nH]c1S(=O)(=O)NCC1CCCC1O. The smallest absolute Gasteiger partial charge is 0.340 e. The van der Waals surface area contributed by atoms with E-state index in [2.05, 4.69) is 14.9 Å². The van der Waals surface area contributed by atoms with Gasteiger partial charge in [0.15, 0.2) is 5.03 Å². The number of aromatic amines is 1. The molecule has 1 fully saturated rings. The lowest BCUT2D eigenvalue weighted by atomic mass is 10.1. The fourth-order valence-corrected chi connectivity index (χ4v) is 3.36. The average Bonchev–Trinajstić information content (AvgIpc) is 2.95. The molecule has 19 heavy (non-hydrogen) atoms.